The van der Waals surface area contributed by atoms with E-state index in [1.54, 1.807) is 24.4 Å². The smallest absolute Gasteiger partial charge is 0.254 e. The average Bonchev–Trinajstić information content (AvgIpc) is 2.57. The van der Waals surface area contributed by atoms with Gasteiger partial charge in [0.1, 0.15) is 5.82 Å². The normalized spacial score (nSPS) is 16.1. The lowest BCUT2D eigenvalue weighted by Gasteiger charge is -2.29. The molecule has 0 aliphatic carbocycles. The molecule has 1 amide bonds. The number of carbonyl (C=O) groups is 1. The van der Waals surface area contributed by atoms with Crippen LogP contribution in [0.3, 0.4) is 0 Å². The Balaban J connectivity index is 1.75. The first-order valence-electron chi connectivity index (χ1n) is 7.94. The summed E-state index contributed by atoms with van der Waals surface area (Å²) in [4.78, 5) is 18.7. The summed E-state index contributed by atoms with van der Waals surface area (Å²) in [7, 11) is 2.05. The van der Waals surface area contributed by atoms with Crippen LogP contribution in [0.4, 0.5) is 4.39 Å². The summed E-state index contributed by atoms with van der Waals surface area (Å²) in [6, 6.07) is 7.96. The minimum absolute atomic E-state index is 0.0460. The van der Waals surface area contributed by atoms with E-state index in [-0.39, 0.29) is 17.5 Å². The summed E-state index contributed by atoms with van der Waals surface area (Å²) in [5.74, 6) is -0.944. The molecular weight excluding hydrogens is 329 g/mol. The highest BCUT2D eigenvalue weighted by atomic mass is 35.5. The molecule has 4 nitrogen and oxygen atoms in total. The number of hydrogen-bond donors (Lipinski definition) is 1. The first-order valence-corrected chi connectivity index (χ1v) is 8.32. The van der Waals surface area contributed by atoms with Crippen molar-refractivity contribution in [3.05, 3.63) is 52.9 Å². The van der Waals surface area contributed by atoms with Crippen LogP contribution in [-0.2, 0) is 0 Å². The summed E-state index contributed by atoms with van der Waals surface area (Å²) in [5.41, 5.74) is 1.10. The standard InChI is InChI=1S/C18H19ClFN3O/c1-23-9-6-13(7-10-23)22-18(24)14-5-4-12(11-16(14)20)17-15(19)3-2-8-21-17/h2-5,8,11,13H,6-7,9-10H2,1H3,(H,22,24). The lowest BCUT2D eigenvalue weighted by molar-refractivity contribution is 0.0913. The van der Waals surface area contributed by atoms with E-state index in [0.29, 0.717) is 16.3 Å². The van der Waals surface area contributed by atoms with Crippen molar-refractivity contribution in [2.24, 2.45) is 0 Å². The van der Waals surface area contributed by atoms with Crippen molar-refractivity contribution in [2.45, 2.75) is 18.9 Å². The van der Waals surface area contributed by atoms with Crippen molar-refractivity contribution in [1.82, 2.24) is 15.2 Å². The second-order valence-electron chi connectivity index (χ2n) is 6.08. The van der Waals surface area contributed by atoms with Crippen LogP contribution in [-0.4, -0.2) is 42.0 Å². The molecule has 0 unspecified atom stereocenters. The van der Waals surface area contributed by atoms with Crippen LogP contribution in [0.25, 0.3) is 11.3 Å². The maximum Gasteiger partial charge on any atom is 0.254 e. The zero-order chi connectivity index (χ0) is 17.1. The minimum atomic E-state index is -0.570. The van der Waals surface area contributed by atoms with Gasteiger partial charge in [-0.05, 0) is 57.2 Å². The number of likely N-dealkylation sites (tertiary alicyclic amines) is 1. The fourth-order valence-electron chi connectivity index (χ4n) is 2.86. The Morgan fingerprint density at radius 3 is 2.75 bits per heavy atom. The van der Waals surface area contributed by atoms with Gasteiger partial charge in [-0.3, -0.25) is 9.78 Å². The minimum Gasteiger partial charge on any atom is -0.349 e. The van der Waals surface area contributed by atoms with Crippen LogP contribution in [0.15, 0.2) is 36.5 Å². The van der Waals surface area contributed by atoms with Gasteiger partial charge in [0.2, 0.25) is 0 Å². The molecule has 1 saturated heterocycles. The number of rotatable bonds is 3. The molecule has 1 fully saturated rings. The van der Waals surface area contributed by atoms with Crippen LogP contribution in [0.1, 0.15) is 23.2 Å². The molecule has 1 aromatic heterocycles. The Labute approximate surface area is 145 Å². The Morgan fingerprint density at radius 2 is 2.08 bits per heavy atom. The Hall–Kier alpha value is -1.98. The zero-order valence-electron chi connectivity index (χ0n) is 13.4. The van der Waals surface area contributed by atoms with Crippen molar-refractivity contribution < 1.29 is 9.18 Å². The quantitative estimate of drug-likeness (QED) is 0.926. The van der Waals surface area contributed by atoms with Gasteiger partial charge in [-0.1, -0.05) is 17.7 Å². The van der Waals surface area contributed by atoms with Gasteiger partial charge >= 0.3 is 0 Å². The number of nitrogens with one attached hydrogen (secondary N) is 1. The summed E-state index contributed by atoms with van der Waals surface area (Å²) >= 11 is 6.09. The van der Waals surface area contributed by atoms with E-state index in [0.717, 1.165) is 25.9 Å². The molecule has 126 valence electrons. The van der Waals surface area contributed by atoms with Crippen LogP contribution in [0.5, 0.6) is 0 Å². The summed E-state index contributed by atoms with van der Waals surface area (Å²) in [6.07, 6.45) is 3.36. The lowest BCUT2D eigenvalue weighted by Crippen LogP contribution is -2.43. The van der Waals surface area contributed by atoms with Gasteiger partial charge in [0.05, 0.1) is 16.3 Å². The molecule has 24 heavy (non-hydrogen) atoms. The van der Waals surface area contributed by atoms with E-state index in [4.69, 9.17) is 11.6 Å². The molecule has 2 aromatic rings. The molecule has 6 heteroatoms. The van der Waals surface area contributed by atoms with E-state index in [2.05, 4.69) is 22.2 Å². The molecule has 0 bridgehead atoms. The average molecular weight is 348 g/mol. The van der Waals surface area contributed by atoms with Gasteiger partial charge in [-0.15, -0.1) is 0 Å². The maximum atomic E-state index is 14.4. The Kier molecular flexibility index (Phi) is 5.11. The van der Waals surface area contributed by atoms with Crippen LogP contribution < -0.4 is 5.32 Å². The van der Waals surface area contributed by atoms with Crippen molar-refractivity contribution >= 4 is 17.5 Å². The highest BCUT2D eigenvalue weighted by molar-refractivity contribution is 6.33. The summed E-state index contributed by atoms with van der Waals surface area (Å²) in [5, 5.41) is 3.36. The lowest BCUT2D eigenvalue weighted by atomic mass is 10.0. The Bertz CT molecular complexity index is 745. The molecule has 0 radical (unpaired) electrons. The topological polar surface area (TPSA) is 45.2 Å². The van der Waals surface area contributed by atoms with Crippen LogP contribution in [0.2, 0.25) is 5.02 Å². The molecule has 1 aliphatic rings. The van der Waals surface area contributed by atoms with E-state index in [1.165, 1.54) is 12.1 Å². The number of benzene rings is 1. The van der Waals surface area contributed by atoms with Gasteiger partial charge in [0.15, 0.2) is 0 Å². The number of hydrogen-bond acceptors (Lipinski definition) is 3. The maximum absolute atomic E-state index is 14.4. The molecule has 0 saturated carbocycles. The molecule has 3 rings (SSSR count). The van der Waals surface area contributed by atoms with Crippen molar-refractivity contribution in [1.29, 1.82) is 0 Å². The van der Waals surface area contributed by atoms with Gasteiger partial charge in [0.25, 0.3) is 5.91 Å². The number of piperidine rings is 1. The number of aromatic nitrogens is 1. The predicted octanol–water partition coefficient (Wildman–Crippen LogP) is 3.37. The predicted molar refractivity (Wildman–Crippen MR) is 92.6 cm³/mol. The zero-order valence-corrected chi connectivity index (χ0v) is 14.2. The molecular formula is C18H19ClFN3O. The number of halogens is 2. The van der Waals surface area contributed by atoms with E-state index >= 15 is 0 Å². The second-order valence-corrected chi connectivity index (χ2v) is 6.49. The fraction of sp³-hybridized carbons (Fsp3) is 0.333. The van der Waals surface area contributed by atoms with E-state index in [9.17, 15) is 9.18 Å². The van der Waals surface area contributed by atoms with Crippen LogP contribution in [0, 0.1) is 5.82 Å². The van der Waals surface area contributed by atoms with E-state index in [1.807, 2.05) is 0 Å². The number of carbonyl (C=O) groups excluding carboxylic acids is 1. The highest BCUT2D eigenvalue weighted by Gasteiger charge is 2.21. The summed E-state index contributed by atoms with van der Waals surface area (Å²) in [6.45, 7) is 1.87. The molecule has 0 spiro atoms. The third kappa shape index (κ3) is 3.74. The SMILES string of the molecule is CN1CCC(NC(=O)c2ccc(-c3ncccc3Cl)cc2F)CC1. The summed E-state index contributed by atoms with van der Waals surface area (Å²) < 4.78 is 14.4. The molecule has 1 aromatic carbocycles. The molecule has 2 heterocycles. The molecule has 1 aliphatic heterocycles. The van der Waals surface area contributed by atoms with Gasteiger partial charge in [-0.2, -0.15) is 0 Å². The highest BCUT2D eigenvalue weighted by Crippen LogP contribution is 2.26. The van der Waals surface area contributed by atoms with E-state index < -0.39 is 5.82 Å². The third-order valence-electron chi connectivity index (χ3n) is 4.30. The molecule has 1 N–H and O–H groups in total. The largest absolute Gasteiger partial charge is 0.349 e. The first-order chi connectivity index (χ1) is 11.5. The fourth-order valence-corrected chi connectivity index (χ4v) is 3.09. The van der Waals surface area contributed by atoms with Crippen molar-refractivity contribution in [3.63, 3.8) is 0 Å². The van der Waals surface area contributed by atoms with Gasteiger partial charge in [0, 0.05) is 17.8 Å². The number of amides is 1. The number of nitrogens with zero attached hydrogens (tertiary/aromatic N) is 2. The monoisotopic (exact) mass is 347 g/mol. The van der Waals surface area contributed by atoms with Gasteiger partial charge in [-0.25, -0.2) is 4.39 Å². The van der Waals surface area contributed by atoms with Gasteiger partial charge < -0.3 is 10.2 Å². The number of pyridine rings is 1. The molecule has 0 atom stereocenters. The van der Waals surface area contributed by atoms with Crippen molar-refractivity contribution in [2.75, 3.05) is 20.1 Å². The van der Waals surface area contributed by atoms with Crippen LogP contribution >= 0.6 is 11.6 Å². The second kappa shape index (κ2) is 7.28. The Morgan fingerprint density at radius 1 is 1.33 bits per heavy atom. The first kappa shape index (κ1) is 16.9. The third-order valence-corrected chi connectivity index (χ3v) is 4.60. The van der Waals surface area contributed by atoms with Crippen molar-refractivity contribution in [3.8, 4) is 11.3 Å².